The molecule has 3 heteroatoms. The Morgan fingerprint density at radius 3 is 2.68 bits per heavy atom. The molecule has 3 nitrogen and oxygen atoms in total. The van der Waals surface area contributed by atoms with E-state index in [-0.39, 0.29) is 11.5 Å². The Hall–Kier alpha value is -1.61. The number of benzene rings is 1. The van der Waals surface area contributed by atoms with Crippen molar-refractivity contribution in [1.82, 2.24) is 9.55 Å². The molecule has 1 unspecified atom stereocenters. The van der Waals surface area contributed by atoms with Gasteiger partial charge in [0.2, 0.25) is 0 Å². The maximum absolute atomic E-state index is 10.6. The Bertz CT molecular complexity index is 543. The minimum Gasteiger partial charge on any atom is -0.392 e. The molecular formula is C16H20N2O. The molecule has 0 aliphatic heterocycles. The van der Waals surface area contributed by atoms with Crippen LogP contribution in [0, 0.1) is 0 Å². The van der Waals surface area contributed by atoms with Gasteiger partial charge in [0.05, 0.1) is 6.10 Å². The SMILES string of the molecule is CCn1ccnc1CC(O)C1(c2ccccc2)CC1. The minimum atomic E-state index is -0.345. The lowest BCUT2D eigenvalue weighted by atomic mass is 9.88. The number of aromatic nitrogens is 2. The normalized spacial score (nSPS) is 18.2. The molecule has 1 aromatic carbocycles. The number of aliphatic hydroxyl groups is 1. The number of hydrogen-bond acceptors (Lipinski definition) is 2. The molecule has 19 heavy (non-hydrogen) atoms. The van der Waals surface area contributed by atoms with Crippen molar-refractivity contribution in [1.29, 1.82) is 0 Å². The summed E-state index contributed by atoms with van der Waals surface area (Å²) in [6.45, 7) is 3.00. The Morgan fingerprint density at radius 1 is 1.32 bits per heavy atom. The summed E-state index contributed by atoms with van der Waals surface area (Å²) < 4.78 is 2.10. The third kappa shape index (κ3) is 2.19. The summed E-state index contributed by atoms with van der Waals surface area (Å²) >= 11 is 0. The summed E-state index contributed by atoms with van der Waals surface area (Å²) in [5.41, 5.74) is 1.23. The first kappa shape index (κ1) is 12.4. The fourth-order valence-electron chi connectivity index (χ4n) is 2.91. The van der Waals surface area contributed by atoms with Crippen LogP contribution < -0.4 is 0 Å². The lowest BCUT2D eigenvalue weighted by Crippen LogP contribution is -2.29. The summed E-state index contributed by atoms with van der Waals surface area (Å²) in [7, 11) is 0. The zero-order valence-corrected chi connectivity index (χ0v) is 11.3. The zero-order chi connectivity index (χ0) is 13.3. The van der Waals surface area contributed by atoms with Gasteiger partial charge in [-0.05, 0) is 25.3 Å². The summed E-state index contributed by atoms with van der Waals surface area (Å²) in [6.07, 6.45) is 6.23. The summed E-state index contributed by atoms with van der Waals surface area (Å²) in [5.74, 6) is 0.984. The number of imidazole rings is 1. The first-order chi connectivity index (χ1) is 9.26. The van der Waals surface area contributed by atoms with E-state index in [2.05, 4.69) is 40.7 Å². The van der Waals surface area contributed by atoms with E-state index in [0.717, 1.165) is 25.2 Å². The third-order valence-corrected chi connectivity index (χ3v) is 4.29. The molecule has 0 amide bonds. The Labute approximate surface area is 113 Å². The highest BCUT2D eigenvalue weighted by molar-refractivity contribution is 5.33. The van der Waals surface area contributed by atoms with Crippen molar-refractivity contribution in [3.8, 4) is 0 Å². The van der Waals surface area contributed by atoms with Gasteiger partial charge < -0.3 is 9.67 Å². The van der Waals surface area contributed by atoms with Gasteiger partial charge in [0.25, 0.3) is 0 Å². The van der Waals surface area contributed by atoms with Crippen LogP contribution in [-0.2, 0) is 18.4 Å². The van der Waals surface area contributed by atoms with E-state index in [1.54, 1.807) is 0 Å². The zero-order valence-electron chi connectivity index (χ0n) is 11.3. The third-order valence-electron chi connectivity index (χ3n) is 4.29. The molecule has 0 bridgehead atoms. The van der Waals surface area contributed by atoms with E-state index < -0.39 is 0 Å². The molecule has 1 heterocycles. The molecule has 0 radical (unpaired) electrons. The van der Waals surface area contributed by atoms with Gasteiger partial charge in [-0.2, -0.15) is 0 Å². The smallest absolute Gasteiger partial charge is 0.111 e. The lowest BCUT2D eigenvalue weighted by Gasteiger charge is -2.22. The van der Waals surface area contributed by atoms with Crippen LogP contribution in [0.15, 0.2) is 42.7 Å². The van der Waals surface area contributed by atoms with Crippen molar-refractivity contribution >= 4 is 0 Å². The van der Waals surface area contributed by atoms with Gasteiger partial charge in [-0.25, -0.2) is 4.98 Å². The van der Waals surface area contributed by atoms with Crippen LogP contribution in [0.1, 0.15) is 31.2 Å². The monoisotopic (exact) mass is 256 g/mol. The van der Waals surface area contributed by atoms with Gasteiger partial charge in [0, 0.05) is 30.8 Å². The maximum atomic E-state index is 10.6. The summed E-state index contributed by atoms with van der Waals surface area (Å²) in [6, 6.07) is 10.4. The second kappa shape index (κ2) is 4.82. The van der Waals surface area contributed by atoms with Crippen LogP contribution in [0.2, 0.25) is 0 Å². The molecule has 2 aromatic rings. The second-order valence-electron chi connectivity index (χ2n) is 5.37. The fraction of sp³-hybridized carbons (Fsp3) is 0.438. The highest BCUT2D eigenvalue weighted by atomic mass is 16.3. The van der Waals surface area contributed by atoms with E-state index in [1.807, 2.05) is 18.5 Å². The molecule has 0 saturated heterocycles. The Kier molecular flexibility index (Phi) is 3.15. The summed E-state index contributed by atoms with van der Waals surface area (Å²) in [5, 5.41) is 10.6. The standard InChI is InChI=1S/C16H20N2O/c1-2-18-11-10-17-15(18)12-14(19)16(8-9-16)13-6-4-3-5-7-13/h3-7,10-11,14,19H,2,8-9,12H2,1H3. The van der Waals surface area contributed by atoms with E-state index >= 15 is 0 Å². The van der Waals surface area contributed by atoms with E-state index in [1.165, 1.54) is 5.56 Å². The minimum absolute atomic E-state index is 0.0359. The molecule has 1 aliphatic rings. The van der Waals surface area contributed by atoms with Crippen LogP contribution in [0.3, 0.4) is 0 Å². The number of aliphatic hydroxyl groups excluding tert-OH is 1. The number of aryl methyl sites for hydroxylation is 1. The van der Waals surface area contributed by atoms with Crippen molar-refractivity contribution < 1.29 is 5.11 Å². The van der Waals surface area contributed by atoms with Crippen LogP contribution in [-0.4, -0.2) is 20.8 Å². The molecule has 3 rings (SSSR count). The average molecular weight is 256 g/mol. The van der Waals surface area contributed by atoms with Gasteiger partial charge in [0.15, 0.2) is 0 Å². The van der Waals surface area contributed by atoms with Crippen molar-refractivity contribution in [2.45, 2.75) is 44.2 Å². The molecule has 1 aliphatic carbocycles. The first-order valence-electron chi connectivity index (χ1n) is 7.00. The van der Waals surface area contributed by atoms with E-state index in [0.29, 0.717) is 6.42 Å². The number of hydrogen-bond donors (Lipinski definition) is 1. The topological polar surface area (TPSA) is 38.0 Å². The molecule has 100 valence electrons. The Balaban J connectivity index is 1.79. The lowest BCUT2D eigenvalue weighted by molar-refractivity contribution is 0.128. The van der Waals surface area contributed by atoms with Crippen molar-refractivity contribution in [2.75, 3.05) is 0 Å². The highest BCUT2D eigenvalue weighted by Crippen LogP contribution is 2.51. The van der Waals surface area contributed by atoms with Gasteiger partial charge in [-0.3, -0.25) is 0 Å². The van der Waals surface area contributed by atoms with Gasteiger partial charge in [-0.1, -0.05) is 30.3 Å². The molecule has 1 fully saturated rings. The molecule has 1 saturated carbocycles. The molecule has 1 atom stereocenters. The Morgan fingerprint density at radius 2 is 2.05 bits per heavy atom. The van der Waals surface area contributed by atoms with E-state index in [9.17, 15) is 5.11 Å². The van der Waals surface area contributed by atoms with Gasteiger partial charge in [-0.15, -0.1) is 0 Å². The van der Waals surface area contributed by atoms with Crippen molar-refractivity contribution in [2.24, 2.45) is 0 Å². The second-order valence-corrected chi connectivity index (χ2v) is 5.37. The quantitative estimate of drug-likeness (QED) is 0.892. The maximum Gasteiger partial charge on any atom is 0.111 e. The average Bonchev–Trinajstić information content (AvgIpc) is 3.15. The van der Waals surface area contributed by atoms with Crippen molar-refractivity contribution in [3.05, 3.63) is 54.1 Å². The highest BCUT2D eigenvalue weighted by Gasteiger charge is 2.50. The van der Waals surface area contributed by atoms with Crippen LogP contribution in [0.4, 0.5) is 0 Å². The van der Waals surface area contributed by atoms with Crippen molar-refractivity contribution in [3.63, 3.8) is 0 Å². The van der Waals surface area contributed by atoms with Crippen LogP contribution in [0.5, 0.6) is 0 Å². The molecule has 1 aromatic heterocycles. The molecule has 1 N–H and O–H groups in total. The molecular weight excluding hydrogens is 236 g/mol. The molecule has 0 spiro atoms. The van der Waals surface area contributed by atoms with Crippen LogP contribution in [0.25, 0.3) is 0 Å². The predicted octanol–water partition coefficient (Wildman–Crippen LogP) is 2.54. The van der Waals surface area contributed by atoms with E-state index in [4.69, 9.17) is 0 Å². The summed E-state index contributed by atoms with van der Waals surface area (Å²) in [4.78, 5) is 4.36. The first-order valence-corrected chi connectivity index (χ1v) is 7.00. The fourth-order valence-corrected chi connectivity index (χ4v) is 2.91. The number of rotatable bonds is 5. The van der Waals surface area contributed by atoms with Crippen LogP contribution >= 0.6 is 0 Å². The largest absolute Gasteiger partial charge is 0.392 e. The van der Waals surface area contributed by atoms with Gasteiger partial charge in [0.1, 0.15) is 5.82 Å². The predicted molar refractivity (Wildman–Crippen MR) is 75.0 cm³/mol. The number of nitrogens with zero attached hydrogens (tertiary/aromatic N) is 2. The van der Waals surface area contributed by atoms with Gasteiger partial charge >= 0.3 is 0 Å².